The van der Waals surface area contributed by atoms with Crippen LogP contribution in [0.2, 0.25) is 0 Å². The van der Waals surface area contributed by atoms with Gasteiger partial charge in [-0.05, 0) is 43.4 Å². The molecule has 4 aromatic carbocycles. The van der Waals surface area contributed by atoms with Crippen LogP contribution in [0, 0.1) is 52.0 Å². The van der Waals surface area contributed by atoms with E-state index < -0.39 is 0 Å². The normalized spacial score (nSPS) is 10.8. The van der Waals surface area contributed by atoms with Gasteiger partial charge in [0.25, 0.3) is 0 Å². The van der Waals surface area contributed by atoms with E-state index in [1.807, 2.05) is 92.9 Å². The van der Waals surface area contributed by atoms with Crippen LogP contribution in [0.1, 0.15) is 22.3 Å². The number of aromatic nitrogens is 5. The summed E-state index contributed by atoms with van der Waals surface area (Å²) in [6, 6.07) is 39.4. The molecule has 8 aromatic rings. The summed E-state index contributed by atoms with van der Waals surface area (Å²) in [5.41, 5.74) is 9.23. The summed E-state index contributed by atoms with van der Waals surface area (Å²) >= 11 is 0. The van der Waals surface area contributed by atoms with Gasteiger partial charge >= 0.3 is 40.8 Å². The standard InChI is InChI=1S/C42H29N5O2.2Pd/c1-26-10-14-43-38(20-26)30-16-28(3)18-34(22-30)48-32-6-8-36-37-9-7-33(25-41(37)47(40(36)24-32)42-45-12-5-13-46-42)49-35-19-29(4)17-31(23-35)39-21-27(2)11-15-44-39;;/h5-21H,1-4H3;;/q-4;2*+2. The van der Waals surface area contributed by atoms with Crippen molar-refractivity contribution in [3.05, 3.63) is 150 Å². The third-order valence-corrected chi connectivity index (χ3v) is 8.09. The fourth-order valence-electron chi connectivity index (χ4n) is 5.90. The second kappa shape index (κ2) is 15.1. The van der Waals surface area contributed by atoms with Crippen molar-refractivity contribution in [1.29, 1.82) is 0 Å². The molecule has 0 amide bonds. The van der Waals surface area contributed by atoms with E-state index in [9.17, 15) is 0 Å². The van der Waals surface area contributed by atoms with Crippen molar-refractivity contribution in [3.8, 4) is 51.5 Å². The maximum absolute atomic E-state index is 6.38. The van der Waals surface area contributed by atoms with Gasteiger partial charge in [0.2, 0.25) is 5.95 Å². The largest absolute Gasteiger partial charge is 2.00 e. The molecule has 0 unspecified atom stereocenters. The first kappa shape index (κ1) is 35.8. The van der Waals surface area contributed by atoms with Crippen molar-refractivity contribution in [1.82, 2.24) is 24.5 Å². The number of aryl methyl sites for hydroxylation is 4. The molecule has 4 aromatic heterocycles. The van der Waals surface area contributed by atoms with Crippen LogP contribution in [0.4, 0.5) is 0 Å². The number of fused-ring (bicyclic) bond motifs is 3. The summed E-state index contributed by atoms with van der Waals surface area (Å²) in [7, 11) is 0. The van der Waals surface area contributed by atoms with Gasteiger partial charge in [0.1, 0.15) is 0 Å². The smallest absolute Gasteiger partial charge is 0.503 e. The molecule has 9 heteroatoms. The van der Waals surface area contributed by atoms with E-state index in [4.69, 9.17) is 9.47 Å². The quantitative estimate of drug-likeness (QED) is 0.118. The third kappa shape index (κ3) is 7.54. The van der Waals surface area contributed by atoms with Crippen LogP contribution >= 0.6 is 0 Å². The average Bonchev–Trinajstić information content (AvgIpc) is 3.41. The summed E-state index contributed by atoms with van der Waals surface area (Å²) in [5, 5.41) is 1.90. The molecule has 254 valence electrons. The summed E-state index contributed by atoms with van der Waals surface area (Å²) in [5.74, 6) is 2.68. The Bertz CT molecular complexity index is 2360. The number of hydrogen-bond donors (Lipinski definition) is 0. The molecule has 0 aliphatic rings. The monoisotopic (exact) mass is 847 g/mol. The van der Waals surface area contributed by atoms with E-state index in [2.05, 4.69) is 56.3 Å². The Morgan fingerprint density at radius 2 is 0.941 bits per heavy atom. The molecule has 0 radical (unpaired) electrons. The summed E-state index contributed by atoms with van der Waals surface area (Å²) in [4.78, 5) is 18.2. The Kier molecular flexibility index (Phi) is 10.6. The Balaban J connectivity index is 0.00000224. The van der Waals surface area contributed by atoms with E-state index in [0.29, 0.717) is 28.9 Å². The van der Waals surface area contributed by atoms with Crippen molar-refractivity contribution in [2.45, 2.75) is 27.7 Å². The molecule has 0 N–H and O–H groups in total. The zero-order chi connectivity index (χ0) is 33.5. The minimum Gasteiger partial charge on any atom is -0.503 e. The molecule has 0 aliphatic carbocycles. The zero-order valence-corrected chi connectivity index (χ0v) is 31.1. The number of nitrogens with zero attached hydrogens (tertiary/aromatic N) is 5. The van der Waals surface area contributed by atoms with Crippen LogP contribution in [0.25, 0.3) is 50.3 Å². The molecule has 0 aliphatic heterocycles. The molecule has 4 heterocycles. The summed E-state index contributed by atoms with van der Waals surface area (Å²) in [6.07, 6.45) is 7.04. The topological polar surface area (TPSA) is 75.0 Å². The van der Waals surface area contributed by atoms with Crippen molar-refractivity contribution in [2.75, 3.05) is 0 Å². The van der Waals surface area contributed by atoms with Crippen LogP contribution in [0.15, 0.2) is 104 Å². The predicted molar refractivity (Wildman–Crippen MR) is 190 cm³/mol. The molecule has 7 nitrogen and oxygen atoms in total. The van der Waals surface area contributed by atoms with E-state index in [0.717, 1.165) is 66.6 Å². The number of hydrogen-bond acceptors (Lipinski definition) is 6. The van der Waals surface area contributed by atoms with E-state index in [1.165, 1.54) is 0 Å². The van der Waals surface area contributed by atoms with Gasteiger partial charge in [-0.25, -0.2) is 9.97 Å². The maximum atomic E-state index is 6.38. The fraction of sp³-hybridized carbons (Fsp3) is 0.0952. The molecule has 0 fully saturated rings. The van der Waals surface area contributed by atoms with Gasteiger partial charge in [-0.15, -0.1) is 58.7 Å². The minimum absolute atomic E-state index is 0. The molecule has 0 spiro atoms. The number of ether oxygens (including phenoxy) is 2. The van der Waals surface area contributed by atoms with Gasteiger partial charge in [0, 0.05) is 47.8 Å². The Morgan fingerprint density at radius 3 is 1.39 bits per heavy atom. The van der Waals surface area contributed by atoms with Gasteiger partial charge in [-0.1, -0.05) is 72.4 Å². The molecule has 8 rings (SSSR count). The second-order valence-corrected chi connectivity index (χ2v) is 12.1. The molecular weight excluding hydrogens is 819 g/mol. The first-order valence-electron chi connectivity index (χ1n) is 15.9. The van der Waals surface area contributed by atoms with Crippen LogP contribution in [-0.2, 0) is 40.8 Å². The van der Waals surface area contributed by atoms with Crippen molar-refractivity contribution in [2.24, 2.45) is 0 Å². The van der Waals surface area contributed by atoms with Crippen molar-refractivity contribution >= 4 is 21.8 Å². The average molecular weight is 849 g/mol. The second-order valence-electron chi connectivity index (χ2n) is 12.1. The number of benzene rings is 4. The Hall–Kier alpha value is -5.02. The number of pyridine rings is 2. The number of rotatable bonds is 7. The Labute approximate surface area is 324 Å². The van der Waals surface area contributed by atoms with Crippen LogP contribution < -0.4 is 9.47 Å². The predicted octanol–water partition coefficient (Wildman–Crippen LogP) is 9.71. The first-order valence-corrected chi connectivity index (χ1v) is 15.9. The first-order chi connectivity index (χ1) is 23.9. The van der Waals surface area contributed by atoms with Gasteiger partial charge in [-0.3, -0.25) is 0 Å². The van der Waals surface area contributed by atoms with Crippen LogP contribution in [0.3, 0.4) is 0 Å². The van der Waals surface area contributed by atoms with Gasteiger partial charge in [0.05, 0.1) is 0 Å². The third-order valence-electron chi connectivity index (χ3n) is 8.09. The molecule has 0 saturated heterocycles. The Morgan fingerprint density at radius 1 is 0.471 bits per heavy atom. The molecule has 51 heavy (non-hydrogen) atoms. The minimum atomic E-state index is 0. The summed E-state index contributed by atoms with van der Waals surface area (Å²) in [6.45, 7) is 8.15. The van der Waals surface area contributed by atoms with E-state index in [1.54, 1.807) is 30.9 Å². The van der Waals surface area contributed by atoms with Gasteiger partial charge in [-0.2, -0.15) is 22.9 Å². The van der Waals surface area contributed by atoms with Crippen molar-refractivity contribution < 1.29 is 50.3 Å². The molecule has 0 bridgehead atoms. The SMILES string of the molecule is Cc1cc(Oc2[c-]c3c(cc2)c2ccc(Oc4[c-]c(-c5cc(C)ccn5)cc(C)c4)[c-]c2n3-c2ncccn2)[c-]c(-c2cc(C)ccn2)c1.[Pd+2].[Pd+2]. The van der Waals surface area contributed by atoms with Gasteiger partial charge in [0.15, 0.2) is 0 Å². The fourth-order valence-corrected chi connectivity index (χ4v) is 5.90. The van der Waals surface area contributed by atoms with E-state index >= 15 is 0 Å². The van der Waals surface area contributed by atoms with Crippen LogP contribution in [0.5, 0.6) is 23.0 Å². The maximum Gasteiger partial charge on any atom is 2.00 e. The summed E-state index contributed by atoms with van der Waals surface area (Å²) < 4.78 is 14.7. The molecule has 0 saturated carbocycles. The molecular formula is C42H29N5O2Pd2. The van der Waals surface area contributed by atoms with Crippen LogP contribution in [-0.4, -0.2) is 24.5 Å². The van der Waals surface area contributed by atoms with Crippen molar-refractivity contribution in [3.63, 3.8) is 0 Å². The molecule has 0 atom stereocenters. The zero-order valence-electron chi connectivity index (χ0n) is 28.0. The van der Waals surface area contributed by atoms with Gasteiger partial charge < -0.3 is 24.0 Å². The van der Waals surface area contributed by atoms with E-state index in [-0.39, 0.29) is 40.8 Å².